The molecule has 4 nitrogen and oxygen atoms in total. The number of fused-ring (bicyclic) bond motifs is 1. The molecule has 0 spiro atoms. The van der Waals surface area contributed by atoms with Gasteiger partial charge in [-0.25, -0.2) is 4.79 Å². The van der Waals surface area contributed by atoms with E-state index in [-0.39, 0.29) is 5.41 Å². The number of aliphatic imine (C=N–C) groups is 1. The average molecular weight is 366 g/mol. The Balaban J connectivity index is 2.04. The first kappa shape index (κ1) is 15.6. The molecule has 1 aromatic carbocycles. The molecule has 1 heterocycles. The lowest BCUT2D eigenvalue weighted by atomic mass is 9.88. The Hall–Kier alpha value is -1.32. The molecule has 0 unspecified atom stereocenters. The van der Waals surface area contributed by atoms with Gasteiger partial charge in [-0.1, -0.05) is 26.7 Å². The second-order valence-corrected chi connectivity index (χ2v) is 7.82. The molecule has 1 saturated carbocycles. The zero-order valence-corrected chi connectivity index (χ0v) is 14.5. The third-order valence-electron chi connectivity index (χ3n) is 4.46. The third-order valence-corrected chi connectivity index (χ3v) is 5.05. The van der Waals surface area contributed by atoms with Gasteiger partial charge < -0.3 is 9.47 Å². The van der Waals surface area contributed by atoms with E-state index < -0.39 is 5.54 Å². The lowest BCUT2D eigenvalue weighted by molar-refractivity contribution is 0.140. The molecule has 1 aliphatic heterocycles. The number of benzene rings is 1. The lowest BCUT2D eigenvalue weighted by Gasteiger charge is -2.24. The van der Waals surface area contributed by atoms with Crippen molar-refractivity contribution in [3.05, 3.63) is 22.2 Å². The number of hydrogen-bond acceptors (Lipinski definition) is 4. The van der Waals surface area contributed by atoms with Crippen LogP contribution in [0.1, 0.15) is 45.1 Å². The summed E-state index contributed by atoms with van der Waals surface area (Å²) >= 11 is 3.58. The summed E-state index contributed by atoms with van der Waals surface area (Å²) in [4.78, 5) is 15.0. The molecule has 0 aromatic heterocycles. The first-order valence-electron chi connectivity index (χ1n) is 7.64. The van der Waals surface area contributed by atoms with Crippen LogP contribution in [0.4, 0.5) is 0 Å². The van der Waals surface area contributed by atoms with E-state index in [9.17, 15) is 4.79 Å². The monoisotopic (exact) mass is 365 g/mol. The van der Waals surface area contributed by atoms with E-state index in [2.05, 4.69) is 34.8 Å². The van der Waals surface area contributed by atoms with Crippen molar-refractivity contribution in [3.63, 3.8) is 0 Å². The van der Waals surface area contributed by atoms with E-state index in [1.54, 1.807) is 6.08 Å². The third kappa shape index (κ3) is 2.80. The number of rotatable bonds is 2. The molecular weight excluding hydrogens is 346 g/mol. The molecule has 118 valence electrons. The summed E-state index contributed by atoms with van der Waals surface area (Å²) in [5.74, 6) is 1.46. The van der Waals surface area contributed by atoms with Crippen LogP contribution in [0.25, 0.3) is 0 Å². The van der Waals surface area contributed by atoms with Crippen molar-refractivity contribution < 1.29 is 14.3 Å². The van der Waals surface area contributed by atoms with Crippen LogP contribution in [0.3, 0.4) is 0 Å². The van der Waals surface area contributed by atoms with Crippen molar-refractivity contribution in [3.8, 4) is 11.5 Å². The molecule has 0 N–H and O–H groups in total. The van der Waals surface area contributed by atoms with E-state index in [1.165, 1.54) is 0 Å². The van der Waals surface area contributed by atoms with E-state index in [0.29, 0.717) is 13.2 Å². The van der Waals surface area contributed by atoms with Gasteiger partial charge in [0.25, 0.3) is 0 Å². The Morgan fingerprint density at radius 1 is 1.18 bits per heavy atom. The minimum atomic E-state index is -0.454. The van der Waals surface area contributed by atoms with Crippen LogP contribution in [-0.4, -0.2) is 19.3 Å². The van der Waals surface area contributed by atoms with Gasteiger partial charge >= 0.3 is 0 Å². The van der Waals surface area contributed by atoms with Crippen molar-refractivity contribution in [2.75, 3.05) is 13.2 Å². The predicted octanol–water partition coefficient (Wildman–Crippen LogP) is 4.35. The van der Waals surface area contributed by atoms with E-state index in [1.807, 2.05) is 12.1 Å². The van der Waals surface area contributed by atoms with Crippen LogP contribution in [-0.2, 0) is 10.3 Å². The molecule has 1 aromatic rings. The van der Waals surface area contributed by atoms with Gasteiger partial charge in [-0.15, -0.1) is 0 Å². The maximum Gasteiger partial charge on any atom is 0.235 e. The topological polar surface area (TPSA) is 47.9 Å². The fourth-order valence-electron chi connectivity index (χ4n) is 3.18. The van der Waals surface area contributed by atoms with Crippen LogP contribution in [0, 0.1) is 5.41 Å². The molecule has 5 heteroatoms. The molecule has 0 saturated heterocycles. The van der Waals surface area contributed by atoms with Gasteiger partial charge in [-0.2, -0.15) is 4.99 Å². The van der Waals surface area contributed by atoms with Crippen molar-refractivity contribution >= 4 is 22.0 Å². The number of carbonyl (C=O) groups excluding carboxylic acids is 1. The smallest absolute Gasteiger partial charge is 0.235 e. The van der Waals surface area contributed by atoms with Gasteiger partial charge in [-0.3, -0.25) is 0 Å². The van der Waals surface area contributed by atoms with E-state index in [0.717, 1.165) is 47.2 Å². The highest BCUT2D eigenvalue weighted by molar-refractivity contribution is 9.10. The second-order valence-electron chi connectivity index (χ2n) is 6.97. The normalized spacial score (nSPS) is 21.8. The summed E-state index contributed by atoms with van der Waals surface area (Å²) in [5, 5.41) is 0. The van der Waals surface area contributed by atoms with Crippen molar-refractivity contribution in [2.45, 2.75) is 45.1 Å². The van der Waals surface area contributed by atoms with Gasteiger partial charge in [0.2, 0.25) is 6.08 Å². The SMILES string of the molecule is CC1(C)COc2cc(C3(N=C=O)CCCC3)cc(Br)c2OC1. The number of isocyanates is 1. The minimum absolute atomic E-state index is 0.0371. The summed E-state index contributed by atoms with van der Waals surface area (Å²) in [5.41, 5.74) is 0.511. The zero-order chi connectivity index (χ0) is 15.8. The molecule has 0 bridgehead atoms. The van der Waals surface area contributed by atoms with Gasteiger partial charge in [0.05, 0.1) is 23.2 Å². The fourth-order valence-corrected chi connectivity index (χ4v) is 3.74. The summed E-state index contributed by atoms with van der Waals surface area (Å²) in [6.45, 7) is 5.43. The van der Waals surface area contributed by atoms with Crippen LogP contribution in [0.2, 0.25) is 0 Å². The number of nitrogens with zero attached hydrogens (tertiary/aromatic N) is 1. The molecule has 3 rings (SSSR count). The number of ether oxygens (including phenoxy) is 2. The molecule has 0 atom stereocenters. The maximum absolute atomic E-state index is 10.9. The molecule has 0 amide bonds. The first-order chi connectivity index (χ1) is 10.5. The quantitative estimate of drug-likeness (QED) is 0.578. The second kappa shape index (κ2) is 5.71. The highest BCUT2D eigenvalue weighted by Crippen LogP contribution is 2.48. The molecule has 2 aliphatic rings. The Kier molecular flexibility index (Phi) is 4.04. The molecular formula is C17H20BrNO3. The van der Waals surface area contributed by atoms with Crippen molar-refractivity contribution in [1.29, 1.82) is 0 Å². The fraction of sp³-hybridized carbons (Fsp3) is 0.588. The van der Waals surface area contributed by atoms with Gasteiger partial charge in [-0.05, 0) is 46.5 Å². The Morgan fingerprint density at radius 3 is 2.55 bits per heavy atom. The number of halogens is 1. The van der Waals surface area contributed by atoms with Crippen LogP contribution >= 0.6 is 15.9 Å². The molecule has 1 fully saturated rings. The standard InChI is InChI=1S/C17H20BrNO3/c1-16(2)9-21-14-8-12(7-13(18)15(14)22-10-16)17(19-11-20)5-3-4-6-17/h7-8H,3-6,9-10H2,1-2H3. The maximum atomic E-state index is 10.9. The Labute approximate surface area is 139 Å². The molecule has 0 radical (unpaired) electrons. The van der Waals surface area contributed by atoms with Gasteiger partial charge in [0.1, 0.15) is 0 Å². The highest BCUT2D eigenvalue weighted by atomic mass is 79.9. The largest absolute Gasteiger partial charge is 0.489 e. The first-order valence-corrected chi connectivity index (χ1v) is 8.44. The summed E-state index contributed by atoms with van der Waals surface area (Å²) in [6, 6.07) is 3.99. The van der Waals surface area contributed by atoms with Gasteiger partial charge in [0, 0.05) is 5.41 Å². The van der Waals surface area contributed by atoms with Gasteiger partial charge in [0.15, 0.2) is 11.5 Å². The average Bonchev–Trinajstić information content (AvgIpc) is 2.87. The van der Waals surface area contributed by atoms with Crippen LogP contribution < -0.4 is 9.47 Å². The van der Waals surface area contributed by atoms with Crippen LogP contribution in [0.5, 0.6) is 11.5 Å². The van der Waals surface area contributed by atoms with E-state index in [4.69, 9.17) is 9.47 Å². The molecule has 22 heavy (non-hydrogen) atoms. The summed E-state index contributed by atoms with van der Waals surface area (Å²) in [7, 11) is 0. The number of hydrogen-bond donors (Lipinski definition) is 0. The van der Waals surface area contributed by atoms with Crippen LogP contribution in [0.15, 0.2) is 21.6 Å². The Morgan fingerprint density at radius 2 is 1.86 bits per heavy atom. The summed E-state index contributed by atoms with van der Waals surface area (Å²) in [6.07, 6.45) is 5.66. The lowest BCUT2D eigenvalue weighted by Crippen LogP contribution is -2.26. The van der Waals surface area contributed by atoms with E-state index >= 15 is 0 Å². The molecule has 1 aliphatic carbocycles. The predicted molar refractivity (Wildman–Crippen MR) is 87.2 cm³/mol. The summed E-state index contributed by atoms with van der Waals surface area (Å²) < 4.78 is 12.7. The van der Waals surface area contributed by atoms with Crippen molar-refractivity contribution in [2.24, 2.45) is 10.4 Å². The zero-order valence-electron chi connectivity index (χ0n) is 12.9. The minimum Gasteiger partial charge on any atom is -0.489 e. The van der Waals surface area contributed by atoms with Crippen molar-refractivity contribution in [1.82, 2.24) is 0 Å². The Bertz CT molecular complexity index is 629. The highest BCUT2D eigenvalue weighted by Gasteiger charge is 2.37.